The molecule has 0 fully saturated rings. The molecule has 6 heteroatoms. The molecule has 2 rings (SSSR count). The minimum atomic E-state index is -1.15. The van der Waals surface area contributed by atoms with Gasteiger partial charge in [0.15, 0.2) is 0 Å². The Bertz CT molecular complexity index is 506. The van der Waals surface area contributed by atoms with Crippen molar-refractivity contribution < 1.29 is 9.90 Å². The van der Waals surface area contributed by atoms with Gasteiger partial charge in [-0.05, 0) is 35.0 Å². The van der Waals surface area contributed by atoms with Crippen molar-refractivity contribution in [1.29, 1.82) is 0 Å². The fraction of sp³-hybridized carbons (Fsp3) is 0.111. The molecule has 2 aromatic rings. The minimum absolute atomic E-state index is 0.194. The van der Waals surface area contributed by atoms with Gasteiger partial charge >= 0.3 is 5.97 Å². The van der Waals surface area contributed by atoms with Crippen molar-refractivity contribution >= 4 is 5.97 Å². The summed E-state index contributed by atoms with van der Waals surface area (Å²) in [6, 6.07) is 7.28. The molecule has 15 heavy (non-hydrogen) atoms. The highest BCUT2D eigenvalue weighted by Crippen LogP contribution is 2.09. The van der Waals surface area contributed by atoms with E-state index in [2.05, 4.69) is 15.5 Å². The fourth-order valence-corrected chi connectivity index (χ4v) is 1.25. The van der Waals surface area contributed by atoms with Crippen LogP contribution in [0.25, 0.3) is 5.69 Å². The molecule has 0 saturated heterocycles. The van der Waals surface area contributed by atoms with E-state index < -0.39 is 5.97 Å². The Labute approximate surface area is 85.2 Å². The molecule has 1 N–H and O–H groups in total. The molecule has 1 aromatic heterocycles. The lowest BCUT2D eigenvalue weighted by Crippen LogP contribution is -2.09. The maximum absolute atomic E-state index is 10.8. The van der Waals surface area contributed by atoms with E-state index in [-0.39, 0.29) is 5.82 Å². The number of tetrazole rings is 1. The topological polar surface area (TPSA) is 80.9 Å². The summed E-state index contributed by atoms with van der Waals surface area (Å²) < 4.78 is 1.19. The monoisotopic (exact) mass is 204 g/mol. The molecular weight excluding hydrogens is 196 g/mol. The van der Waals surface area contributed by atoms with Crippen LogP contribution in [0.15, 0.2) is 24.3 Å². The lowest BCUT2D eigenvalue weighted by molar-refractivity contribution is 0.0680. The Morgan fingerprint density at radius 1 is 1.47 bits per heavy atom. The number of aromatic nitrogens is 4. The Kier molecular flexibility index (Phi) is 2.17. The van der Waals surface area contributed by atoms with Gasteiger partial charge < -0.3 is 5.11 Å². The van der Waals surface area contributed by atoms with E-state index in [4.69, 9.17) is 5.11 Å². The SMILES string of the molecule is Cc1cccc(-n2nnnc2C(=O)O)c1. The molecule has 0 spiro atoms. The van der Waals surface area contributed by atoms with Crippen molar-refractivity contribution in [2.75, 3.05) is 0 Å². The molecule has 0 aliphatic rings. The summed E-state index contributed by atoms with van der Waals surface area (Å²) in [6.07, 6.45) is 0. The number of aryl methyl sites for hydroxylation is 1. The van der Waals surface area contributed by atoms with E-state index in [1.807, 2.05) is 25.1 Å². The number of nitrogens with zero attached hydrogens (tertiary/aromatic N) is 4. The van der Waals surface area contributed by atoms with Crippen LogP contribution in [0.2, 0.25) is 0 Å². The van der Waals surface area contributed by atoms with Crippen LogP contribution < -0.4 is 0 Å². The third kappa shape index (κ3) is 1.69. The number of aromatic carboxylic acids is 1. The normalized spacial score (nSPS) is 10.2. The molecule has 0 unspecified atom stereocenters. The van der Waals surface area contributed by atoms with Crippen LogP contribution in [0.1, 0.15) is 16.2 Å². The zero-order valence-corrected chi connectivity index (χ0v) is 7.95. The number of carboxylic acid groups (broad SMARTS) is 1. The van der Waals surface area contributed by atoms with E-state index in [0.717, 1.165) is 5.56 Å². The number of carbonyl (C=O) groups is 1. The molecule has 0 bridgehead atoms. The van der Waals surface area contributed by atoms with E-state index in [0.29, 0.717) is 5.69 Å². The predicted molar refractivity (Wildman–Crippen MR) is 50.9 cm³/mol. The van der Waals surface area contributed by atoms with Gasteiger partial charge in [0, 0.05) is 0 Å². The standard InChI is InChI=1S/C9H8N4O2/c1-6-3-2-4-7(5-6)13-8(9(14)15)10-11-12-13/h2-5H,1H3,(H,14,15). The highest BCUT2D eigenvalue weighted by atomic mass is 16.4. The van der Waals surface area contributed by atoms with Gasteiger partial charge in [0.2, 0.25) is 0 Å². The van der Waals surface area contributed by atoms with Crippen molar-refractivity contribution in [1.82, 2.24) is 20.2 Å². The lowest BCUT2D eigenvalue weighted by Gasteiger charge is -2.01. The van der Waals surface area contributed by atoms with Gasteiger partial charge in [-0.15, -0.1) is 5.10 Å². The Balaban J connectivity index is 2.54. The third-order valence-corrected chi connectivity index (χ3v) is 1.91. The van der Waals surface area contributed by atoms with Crippen molar-refractivity contribution in [3.05, 3.63) is 35.7 Å². The zero-order valence-electron chi connectivity index (χ0n) is 7.95. The second-order valence-corrected chi connectivity index (χ2v) is 3.06. The predicted octanol–water partition coefficient (Wildman–Crippen LogP) is 0.669. The average Bonchev–Trinajstić information content (AvgIpc) is 2.65. The molecule has 0 saturated carbocycles. The van der Waals surface area contributed by atoms with Crippen molar-refractivity contribution in [3.63, 3.8) is 0 Å². The summed E-state index contributed by atoms with van der Waals surface area (Å²) >= 11 is 0. The van der Waals surface area contributed by atoms with Crippen LogP contribution in [0.5, 0.6) is 0 Å². The van der Waals surface area contributed by atoms with Gasteiger partial charge in [0.1, 0.15) is 0 Å². The fourth-order valence-electron chi connectivity index (χ4n) is 1.25. The summed E-state index contributed by atoms with van der Waals surface area (Å²) in [5.41, 5.74) is 1.65. The Morgan fingerprint density at radius 2 is 2.27 bits per heavy atom. The number of hydrogen-bond acceptors (Lipinski definition) is 4. The molecule has 0 amide bonds. The number of benzene rings is 1. The molecular formula is C9H8N4O2. The van der Waals surface area contributed by atoms with Crippen molar-refractivity contribution in [2.24, 2.45) is 0 Å². The van der Waals surface area contributed by atoms with Crippen LogP contribution in [0.4, 0.5) is 0 Å². The maximum atomic E-state index is 10.8. The summed E-state index contributed by atoms with van der Waals surface area (Å²) in [7, 11) is 0. The highest BCUT2D eigenvalue weighted by molar-refractivity contribution is 5.83. The molecule has 1 aromatic carbocycles. The summed E-state index contributed by atoms with van der Waals surface area (Å²) in [6.45, 7) is 1.91. The summed E-state index contributed by atoms with van der Waals surface area (Å²) in [5.74, 6) is -1.35. The molecule has 6 nitrogen and oxygen atoms in total. The first-order chi connectivity index (χ1) is 7.18. The van der Waals surface area contributed by atoms with Gasteiger partial charge in [-0.3, -0.25) is 0 Å². The second kappa shape index (κ2) is 3.49. The van der Waals surface area contributed by atoms with E-state index in [1.54, 1.807) is 6.07 Å². The van der Waals surface area contributed by atoms with Crippen LogP contribution in [-0.2, 0) is 0 Å². The summed E-state index contributed by atoms with van der Waals surface area (Å²) in [4.78, 5) is 10.8. The first-order valence-electron chi connectivity index (χ1n) is 4.27. The average molecular weight is 204 g/mol. The van der Waals surface area contributed by atoms with Crippen LogP contribution in [0.3, 0.4) is 0 Å². The quantitative estimate of drug-likeness (QED) is 0.777. The number of hydrogen-bond donors (Lipinski definition) is 1. The van der Waals surface area contributed by atoms with E-state index in [1.165, 1.54) is 4.68 Å². The third-order valence-electron chi connectivity index (χ3n) is 1.91. The molecule has 0 atom stereocenters. The summed E-state index contributed by atoms with van der Waals surface area (Å²) in [5, 5.41) is 19.2. The number of carboxylic acids is 1. The van der Waals surface area contributed by atoms with Gasteiger partial charge in [-0.25, -0.2) is 4.79 Å². The molecule has 0 radical (unpaired) electrons. The van der Waals surface area contributed by atoms with E-state index >= 15 is 0 Å². The first-order valence-corrected chi connectivity index (χ1v) is 4.27. The largest absolute Gasteiger partial charge is 0.475 e. The number of rotatable bonds is 2. The van der Waals surface area contributed by atoms with Gasteiger partial charge in [-0.1, -0.05) is 12.1 Å². The Hall–Kier alpha value is -2.24. The van der Waals surface area contributed by atoms with E-state index in [9.17, 15) is 4.79 Å². The maximum Gasteiger partial charge on any atom is 0.376 e. The lowest BCUT2D eigenvalue weighted by atomic mass is 10.2. The van der Waals surface area contributed by atoms with Crippen LogP contribution in [-0.4, -0.2) is 31.3 Å². The first kappa shape index (κ1) is 9.32. The molecule has 76 valence electrons. The smallest absolute Gasteiger partial charge is 0.376 e. The molecule has 0 aliphatic carbocycles. The molecule has 1 heterocycles. The zero-order chi connectivity index (χ0) is 10.8. The minimum Gasteiger partial charge on any atom is -0.475 e. The Morgan fingerprint density at radius 3 is 2.93 bits per heavy atom. The van der Waals surface area contributed by atoms with Gasteiger partial charge in [0.05, 0.1) is 5.69 Å². The van der Waals surface area contributed by atoms with Crippen LogP contribution in [0, 0.1) is 6.92 Å². The van der Waals surface area contributed by atoms with Crippen LogP contribution >= 0.6 is 0 Å². The second-order valence-electron chi connectivity index (χ2n) is 3.06. The van der Waals surface area contributed by atoms with Gasteiger partial charge in [0.25, 0.3) is 5.82 Å². The van der Waals surface area contributed by atoms with Crippen molar-refractivity contribution in [2.45, 2.75) is 6.92 Å². The molecule has 0 aliphatic heterocycles. The highest BCUT2D eigenvalue weighted by Gasteiger charge is 2.14. The van der Waals surface area contributed by atoms with Crippen molar-refractivity contribution in [3.8, 4) is 5.69 Å². The van der Waals surface area contributed by atoms with Gasteiger partial charge in [-0.2, -0.15) is 4.68 Å².